The molecule has 0 aromatic heterocycles. The minimum atomic E-state index is -0.945. The van der Waals surface area contributed by atoms with Crippen LogP contribution in [0.4, 0.5) is 9.59 Å². The van der Waals surface area contributed by atoms with Gasteiger partial charge in [0.25, 0.3) is 0 Å². The van der Waals surface area contributed by atoms with Crippen molar-refractivity contribution in [1.29, 1.82) is 0 Å². The number of carboxylic acid groups (broad SMARTS) is 1. The second-order valence-corrected chi connectivity index (χ2v) is 3.21. The number of piperidine rings is 1. The highest BCUT2D eigenvalue weighted by molar-refractivity contribution is 5.71. The quantitative estimate of drug-likeness (QED) is 0.551. The molecule has 2 saturated heterocycles. The van der Waals surface area contributed by atoms with E-state index in [4.69, 9.17) is 9.84 Å². The van der Waals surface area contributed by atoms with E-state index >= 15 is 0 Å². The molecule has 6 nitrogen and oxygen atoms in total. The predicted octanol–water partition coefficient (Wildman–Crippen LogP) is -0.153. The van der Waals surface area contributed by atoms with Crippen LogP contribution in [-0.4, -0.2) is 47.4 Å². The van der Waals surface area contributed by atoms with Crippen LogP contribution in [0.25, 0.3) is 0 Å². The maximum atomic E-state index is 10.8. The molecule has 0 saturated carbocycles. The van der Waals surface area contributed by atoms with E-state index in [2.05, 4.69) is 5.32 Å². The molecule has 0 aromatic carbocycles. The molecule has 2 N–H and O–H groups in total. The van der Waals surface area contributed by atoms with Gasteiger partial charge in [0, 0.05) is 19.5 Å². The molecule has 13 heavy (non-hydrogen) atoms. The molecule has 2 amide bonds. The molecule has 2 aliphatic rings. The highest BCUT2D eigenvalue weighted by Gasteiger charge is 2.39. The van der Waals surface area contributed by atoms with Crippen LogP contribution in [0.3, 0.4) is 0 Å². The Morgan fingerprint density at radius 1 is 1.69 bits per heavy atom. The van der Waals surface area contributed by atoms with Crippen molar-refractivity contribution in [2.75, 3.05) is 13.1 Å². The van der Waals surface area contributed by atoms with Crippen LogP contribution in [0.5, 0.6) is 0 Å². The summed E-state index contributed by atoms with van der Waals surface area (Å²) in [5, 5.41) is 11.3. The summed E-state index contributed by atoms with van der Waals surface area (Å²) in [5.41, 5.74) is 0. The first-order valence-electron chi connectivity index (χ1n) is 4.12. The molecule has 2 aliphatic heterocycles. The number of nitrogens with zero attached hydrogens (tertiary/aromatic N) is 1. The van der Waals surface area contributed by atoms with E-state index < -0.39 is 12.2 Å². The zero-order valence-corrected chi connectivity index (χ0v) is 6.90. The summed E-state index contributed by atoms with van der Waals surface area (Å²) in [7, 11) is 0. The van der Waals surface area contributed by atoms with Gasteiger partial charge in [0.2, 0.25) is 0 Å². The number of carbonyl (C=O) groups excluding carboxylic acids is 1. The predicted molar refractivity (Wildman–Crippen MR) is 41.4 cm³/mol. The smallest absolute Gasteiger partial charge is 0.407 e. The van der Waals surface area contributed by atoms with Gasteiger partial charge in [-0.15, -0.1) is 0 Å². The number of amides is 2. The summed E-state index contributed by atoms with van der Waals surface area (Å²) in [6.45, 7) is 0.761. The van der Waals surface area contributed by atoms with Crippen molar-refractivity contribution in [3.63, 3.8) is 0 Å². The molecule has 0 aliphatic carbocycles. The summed E-state index contributed by atoms with van der Waals surface area (Å²) in [6, 6.07) is -0.169. The van der Waals surface area contributed by atoms with Crippen molar-refractivity contribution in [3.05, 3.63) is 0 Å². The summed E-state index contributed by atoms with van der Waals surface area (Å²) >= 11 is 0. The van der Waals surface area contributed by atoms with Crippen LogP contribution in [0.2, 0.25) is 0 Å². The Balaban J connectivity index is 2.01. The third kappa shape index (κ3) is 1.39. The van der Waals surface area contributed by atoms with E-state index in [0.717, 1.165) is 0 Å². The number of nitrogens with one attached hydrogen (secondary N) is 1. The number of fused-ring (bicyclic) bond motifs is 1. The fourth-order valence-corrected chi connectivity index (χ4v) is 1.71. The van der Waals surface area contributed by atoms with Gasteiger partial charge in [-0.3, -0.25) is 0 Å². The van der Waals surface area contributed by atoms with Crippen molar-refractivity contribution in [2.45, 2.75) is 18.6 Å². The number of alkyl carbamates (subject to hydrolysis) is 1. The van der Waals surface area contributed by atoms with Gasteiger partial charge >= 0.3 is 12.2 Å². The zero-order chi connectivity index (χ0) is 9.42. The summed E-state index contributed by atoms with van der Waals surface area (Å²) in [6.07, 6.45) is -0.958. The van der Waals surface area contributed by atoms with Gasteiger partial charge in [-0.25, -0.2) is 9.59 Å². The van der Waals surface area contributed by atoms with Crippen molar-refractivity contribution < 1.29 is 19.4 Å². The second-order valence-electron chi connectivity index (χ2n) is 3.21. The highest BCUT2D eigenvalue weighted by Crippen LogP contribution is 2.19. The topological polar surface area (TPSA) is 78.9 Å². The lowest BCUT2D eigenvalue weighted by atomic mass is 10.0. The average Bonchev–Trinajstić information content (AvgIpc) is 2.42. The first-order chi connectivity index (χ1) is 6.16. The molecule has 2 heterocycles. The molecular weight excluding hydrogens is 176 g/mol. The first kappa shape index (κ1) is 8.15. The average molecular weight is 186 g/mol. The normalized spacial score (nSPS) is 32.0. The monoisotopic (exact) mass is 186 g/mol. The molecule has 0 spiro atoms. The van der Waals surface area contributed by atoms with E-state index in [1.807, 2.05) is 0 Å². The molecule has 2 rings (SSSR count). The van der Waals surface area contributed by atoms with Gasteiger partial charge in [-0.05, 0) is 0 Å². The molecule has 2 fully saturated rings. The molecule has 6 heteroatoms. The fraction of sp³-hybridized carbons (Fsp3) is 0.714. The number of ether oxygens (including phenoxy) is 1. The largest absolute Gasteiger partial charge is 0.465 e. The van der Waals surface area contributed by atoms with Gasteiger partial charge in [0.05, 0.1) is 6.04 Å². The van der Waals surface area contributed by atoms with Gasteiger partial charge in [-0.2, -0.15) is 0 Å². The minimum Gasteiger partial charge on any atom is -0.465 e. The lowest BCUT2D eigenvalue weighted by Crippen LogP contribution is -2.50. The van der Waals surface area contributed by atoms with Crippen molar-refractivity contribution in [3.8, 4) is 0 Å². The molecule has 2 atom stereocenters. The lowest BCUT2D eigenvalue weighted by Gasteiger charge is -2.30. The summed E-state index contributed by atoms with van der Waals surface area (Å²) in [4.78, 5) is 22.7. The summed E-state index contributed by atoms with van der Waals surface area (Å²) in [5.74, 6) is 0. The van der Waals surface area contributed by atoms with Crippen LogP contribution in [0.15, 0.2) is 0 Å². The van der Waals surface area contributed by atoms with Crippen LogP contribution < -0.4 is 5.32 Å². The number of carbonyl (C=O) groups is 2. The Labute approximate surface area is 74.5 Å². The molecule has 0 aromatic rings. The molecule has 0 unspecified atom stereocenters. The maximum absolute atomic E-state index is 10.8. The van der Waals surface area contributed by atoms with E-state index in [-0.39, 0.29) is 12.1 Å². The molecule has 72 valence electrons. The standard InChI is InChI=1S/C7H10N2O4/c10-6-8-4-3-9(7(11)12)2-1-5(4)13-6/h4-5H,1-3H2,(H,8,10)(H,11,12)/t4-,5+/m1/s1. The van der Waals surface area contributed by atoms with E-state index in [1.54, 1.807) is 0 Å². The van der Waals surface area contributed by atoms with E-state index in [9.17, 15) is 9.59 Å². The van der Waals surface area contributed by atoms with E-state index in [0.29, 0.717) is 19.5 Å². The third-order valence-electron chi connectivity index (χ3n) is 2.38. The van der Waals surface area contributed by atoms with Gasteiger partial charge in [0.15, 0.2) is 0 Å². The Morgan fingerprint density at radius 3 is 3.15 bits per heavy atom. The number of likely N-dealkylation sites (tertiary alicyclic amines) is 1. The Hall–Kier alpha value is -1.46. The Morgan fingerprint density at radius 2 is 2.46 bits per heavy atom. The lowest BCUT2D eigenvalue weighted by molar-refractivity contribution is 0.0762. The highest BCUT2D eigenvalue weighted by atomic mass is 16.6. The van der Waals surface area contributed by atoms with Crippen LogP contribution in [0, 0.1) is 0 Å². The van der Waals surface area contributed by atoms with Crippen LogP contribution in [-0.2, 0) is 4.74 Å². The van der Waals surface area contributed by atoms with Gasteiger partial charge in [0.1, 0.15) is 6.10 Å². The minimum absolute atomic E-state index is 0.150. The van der Waals surface area contributed by atoms with Gasteiger partial charge < -0.3 is 20.1 Å². The van der Waals surface area contributed by atoms with Crippen molar-refractivity contribution >= 4 is 12.2 Å². The number of hydrogen-bond donors (Lipinski definition) is 2. The Bertz CT molecular complexity index is 255. The zero-order valence-electron chi connectivity index (χ0n) is 6.90. The molecule has 0 bridgehead atoms. The molecular formula is C7H10N2O4. The Kier molecular flexibility index (Phi) is 1.75. The van der Waals surface area contributed by atoms with Crippen LogP contribution in [0.1, 0.15) is 6.42 Å². The maximum Gasteiger partial charge on any atom is 0.407 e. The SMILES string of the molecule is O=C1N[C@@H]2CN(C(=O)O)CC[C@@H]2O1. The first-order valence-corrected chi connectivity index (χ1v) is 4.12. The van der Waals surface area contributed by atoms with Crippen molar-refractivity contribution in [2.24, 2.45) is 0 Å². The third-order valence-corrected chi connectivity index (χ3v) is 2.38. The molecule has 0 radical (unpaired) electrons. The number of rotatable bonds is 0. The summed E-state index contributed by atoms with van der Waals surface area (Å²) < 4.78 is 4.92. The fourth-order valence-electron chi connectivity index (χ4n) is 1.71. The number of hydrogen-bond acceptors (Lipinski definition) is 3. The van der Waals surface area contributed by atoms with E-state index in [1.165, 1.54) is 4.90 Å². The van der Waals surface area contributed by atoms with Gasteiger partial charge in [-0.1, -0.05) is 0 Å². The van der Waals surface area contributed by atoms with Crippen LogP contribution >= 0.6 is 0 Å². The van der Waals surface area contributed by atoms with Crippen molar-refractivity contribution in [1.82, 2.24) is 10.2 Å². The second kappa shape index (κ2) is 2.79.